The number of carbonyl (C=O) groups is 1. The lowest BCUT2D eigenvalue weighted by Gasteiger charge is -2.11. The highest BCUT2D eigenvalue weighted by atomic mass is 16.6. The number of carboxylic acids is 1. The topological polar surface area (TPSA) is 95.7 Å². The van der Waals surface area contributed by atoms with Gasteiger partial charge in [-0.3, -0.25) is 10.1 Å². The minimum absolute atomic E-state index is 0.238. The SMILES string of the molecule is CN(C)CCCNCc1cccc([N+](=O)[O-])c1C(=O)O. The summed E-state index contributed by atoms with van der Waals surface area (Å²) < 4.78 is 0. The molecule has 0 aliphatic rings. The summed E-state index contributed by atoms with van der Waals surface area (Å²) in [5, 5.41) is 23.1. The maximum Gasteiger partial charge on any atom is 0.343 e. The van der Waals surface area contributed by atoms with Crippen LogP contribution in [-0.4, -0.2) is 48.1 Å². The Labute approximate surface area is 117 Å². The maximum absolute atomic E-state index is 11.2. The third kappa shape index (κ3) is 4.60. The fraction of sp³-hybridized carbons (Fsp3) is 0.462. The summed E-state index contributed by atoms with van der Waals surface area (Å²) in [5.74, 6) is -1.28. The number of nitrogens with one attached hydrogen (secondary N) is 1. The van der Waals surface area contributed by atoms with Gasteiger partial charge in [-0.05, 0) is 39.2 Å². The Kier molecular flexibility index (Phi) is 6.08. The van der Waals surface area contributed by atoms with Crippen molar-refractivity contribution < 1.29 is 14.8 Å². The van der Waals surface area contributed by atoms with Gasteiger partial charge in [0.2, 0.25) is 0 Å². The van der Waals surface area contributed by atoms with Gasteiger partial charge < -0.3 is 15.3 Å². The number of nitro benzene ring substituents is 1. The number of carboxylic acid groups (broad SMARTS) is 1. The zero-order valence-corrected chi connectivity index (χ0v) is 11.6. The van der Waals surface area contributed by atoms with Gasteiger partial charge in [-0.15, -0.1) is 0 Å². The molecule has 0 amide bonds. The number of nitro groups is 1. The quantitative estimate of drug-likeness (QED) is 0.424. The van der Waals surface area contributed by atoms with Crippen molar-refractivity contribution in [2.24, 2.45) is 0 Å². The van der Waals surface area contributed by atoms with Gasteiger partial charge in [0.1, 0.15) is 5.56 Å². The predicted molar refractivity (Wildman–Crippen MR) is 74.9 cm³/mol. The van der Waals surface area contributed by atoms with E-state index in [9.17, 15) is 14.9 Å². The number of hydrogen-bond donors (Lipinski definition) is 2. The first kappa shape index (κ1) is 16.1. The van der Waals surface area contributed by atoms with Crippen LogP contribution in [0, 0.1) is 10.1 Å². The van der Waals surface area contributed by atoms with Crippen molar-refractivity contribution in [1.29, 1.82) is 0 Å². The Bertz CT molecular complexity index is 489. The van der Waals surface area contributed by atoms with Crippen molar-refractivity contribution >= 4 is 11.7 Å². The first-order valence-corrected chi connectivity index (χ1v) is 6.28. The molecule has 0 heterocycles. The Morgan fingerprint density at radius 2 is 2.15 bits per heavy atom. The standard InChI is InChI=1S/C13H19N3O4/c1-15(2)8-4-7-14-9-10-5-3-6-11(16(19)20)12(10)13(17)18/h3,5-6,14H,4,7-9H2,1-2H3,(H,17,18). The highest BCUT2D eigenvalue weighted by Gasteiger charge is 2.22. The second-order valence-electron chi connectivity index (χ2n) is 4.71. The van der Waals surface area contributed by atoms with E-state index in [1.54, 1.807) is 6.07 Å². The van der Waals surface area contributed by atoms with Crippen molar-refractivity contribution in [3.8, 4) is 0 Å². The molecule has 0 aliphatic carbocycles. The molecule has 0 saturated carbocycles. The molecule has 0 radical (unpaired) electrons. The molecule has 0 unspecified atom stereocenters. The lowest BCUT2D eigenvalue weighted by Crippen LogP contribution is -2.22. The number of aromatic carboxylic acids is 1. The molecular weight excluding hydrogens is 262 g/mol. The third-order valence-electron chi connectivity index (χ3n) is 2.81. The normalized spacial score (nSPS) is 10.8. The lowest BCUT2D eigenvalue weighted by atomic mass is 10.1. The summed E-state index contributed by atoms with van der Waals surface area (Å²) in [6.07, 6.45) is 0.921. The highest BCUT2D eigenvalue weighted by molar-refractivity contribution is 5.94. The van der Waals surface area contributed by atoms with Gasteiger partial charge in [-0.25, -0.2) is 4.79 Å². The van der Waals surface area contributed by atoms with Crippen LogP contribution in [-0.2, 0) is 6.54 Å². The number of nitrogens with zero attached hydrogens (tertiary/aromatic N) is 2. The average molecular weight is 281 g/mol. The summed E-state index contributed by atoms with van der Waals surface area (Å²) in [7, 11) is 3.95. The summed E-state index contributed by atoms with van der Waals surface area (Å²) in [6.45, 7) is 1.95. The summed E-state index contributed by atoms with van der Waals surface area (Å²) >= 11 is 0. The minimum atomic E-state index is -1.28. The molecule has 0 saturated heterocycles. The van der Waals surface area contributed by atoms with Gasteiger partial charge in [0.15, 0.2) is 0 Å². The molecule has 1 aromatic rings. The van der Waals surface area contributed by atoms with E-state index in [0.29, 0.717) is 12.1 Å². The van der Waals surface area contributed by atoms with Crippen LogP contribution < -0.4 is 5.32 Å². The molecule has 0 fully saturated rings. The van der Waals surface area contributed by atoms with Crippen molar-refractivity contribution in [3.63, 3.8) is 0 Å². The van der Waals surface area contributed by atoms with E-state index in [1.165, 1.54) is 12.1 Å². The summed E-state index contributed by atoms with van der Waals surface area (Å²) in [5.41, 5.74) is -0.181. The second kappa shape index (κ2) is 7.56. The Morgan fingerprint density at radius 1 is 1.45 bits per heavy atom. The molecule has 0 aromatic heterocycles. The molecule has 0 atom stereocenters. The zero-order chi connectivity index (χ0) is 15.1. The third-order valence-corrected chi connectivity index (χ3v) is 2.81. The van der Waals surface area contributed by atoms with E-state index < -0.39 is 10.9 Å². The van der Waals surface area contributed by atoms with E-state index in [1.807, 2.05) is 14.1 Å². The van der Waals surface area contributed by atoms with E-state index in [2.05, 4.69) is 10.2 Å². The van der Waals surface area contributed by atoms with Crippen LogP contribution in [0.1, 0.15) is 22.3 Å². The van der Waals surface area contributed by atoms with Crippen LogP contribution in [0.2, 0.25) is 0 Å². The van der Waals surface area contributed by atoms with E-state index in [0.717, 1.165) is 19.5 Å². The van der Waals surface area contributed by atoms with Crippen LogP contribution in [0.3, 0.4) is 0 Å². The lowest BCUT2D eigenvalue weighted by molar-refractivity contribution is -0.385. The average Bonchev–Trinajstić information content (AvgIpc) is 2.37. The van der Waals surface area contributed by atoms with Crippen LogP contribution in [0.15, 0.2) is 18.2 Å². The highest BCUT2D eigenvalue weighted by Crippen LogP contribution is 2.22. The van der Waals surface area contributed by atoms with Crippen LogP contribution >= 0.6 is 0 Å². The van der Waals surface area contributed by atoms with Crippen molar-refractivity contribution in [2.45, 2.75) is 13.0 Å². The van der Waals surface area contributed by atoms with Gasteiger partial charge in [0.05, 0.1) is 4.92 Å². The van der Waals surface area contributed by atoms with Gasteiger partial charge >= 0.3 is 5.97 Å². The van der Waals surface area contributed by atoms with Crippen LogP contribution in [0.5, 0.6) is 0 Å². The van der Waals surface area contributed by atoms with Crippen LogP contribution in [0.25, 0.3) is 0 Å². The van der Waals surface area contributed by atoms with Crippen molar-refractivity contribution in [1.82, 2.24) is 10.2 Å². The fourth-order valence-electron chi connectivity index (χ4n) is 1.88. The van der Waals surface area contributed by atoms with Crippen LogP contribution in [0.4, 0.5) is 5.69 Å². The Hall–Kier alpha value is -1.99. The monoisotopic (exact) mass is 281 g/mol. The molecule has 7 heteroatoms. The summed E-state index contributed by atoms with van der Waals surface area (Å²) in [4.78, 5) is 23.4. The smallest absolute Gasteiger partial charge is 0.343 e. The molecule has 1 rings (SSSR count). The number of benzene rings is 1. The molecule has 0 bridgehead atoms. The van der Waals surface area contributed by atoms with E-state index >= 15 is 0 Å². The second-order valence-corrected chi connectivity index (χ2v) is 4.71. The first-order chi connectivity index (χ1) is 9.43. The van der Waals surface area contributed by atoms with Gasteiger partial charge in [-0.2, -0.15) is 0 Å². The summed E-state index contributed by atoms with van der Waals surface area (Å²) in [6, 6.07) is 4.30. The van der Waals surface area contributed by atoms with Gasteiger partial charge in [0, 0.05) is 12.6 Å². The molecule has 20 heavy (non-hydrogen) atoms. The molecular formula is C13H19N3O4. The predicted octanol–water partition coefficient (Wildman–Crippen LogP) is 1.33. The first-order valence-electron chi connectivity index (χ1n) is 6.28. The number of rotatable bonds is 8. The molecule has 2 N–H and O–H groups in total. The molecule has 0 spiro atoms. The molecule has 110 valence electrons. The van der Waals surface area contributed by atoms with Crippen molar-refractivity contribution in [3.05, 3.63) is 39.4 Å². The van der Waals surface area contributed by atoms with E-state index in [4.69, 9.17) is 5.11 Å². The molecule has 1 aromatic carbocycles. The Morgan fingerprint density at radius 3 is 2.70 bits per heavy atom. The molecule has 0 aliphatic heterocycles. The Balaban J connectivity index is 2.72. The van der Waals surface area contributed by atoms with Crippen molar-refractivity contribution in [2.75, 3.05) is 27.2 Å². The molecule has 7 nitrogen and oxygen atoms in total. The zero-order valence-electron chi connectivity index (χ0n) is 11.6. The number of hydrogen-bond acceptors (Lipinski definition) is 5. The van der Waals surface area contributed by atoms with Gasteiger partial charge in [-0.1, -0.05) is 12.1 Å². The largest absolute Gasteiger partial charge is 0.477 e. The maximum atomic E-state index is 11.2. The van der Waals surface area contributed by atoms with E-state index in [-0.39, 0.29) is 11.3 Å². The fourth-order valence-corrected chi connectivity index (χ4v) is 1.88. The minimum Gasteiger partial charge on any atom is -0.477 e. The van der Waals surface area contributed by atoms with Gasteiger partial charge in [0.25, 0.3) is 5.69 Å².